The minimum absolute atomic E-state index is 0.0430. The molecule has 0 aliphatic rings. The first-order valence-electron chi connectivity index (χ1n) is 5.33. The molecule has 0 aliphatic carbocycles. The van der Waals surface area contributed by atoms with Crippen molar-refractivity contribution in [3.8, 4) is 0 Å². The van der Waals surface area contributed by atoms with Crippen molar-refractivity contribution in [2.24, 2.45) is 0 Å². The Morgan fingerprint density at radius 1 is 1.47 bits per heavy atom. The minimum Gasteiger partial charge on any atom is -0.309 e. The first-order valence-corrected chi connectivity index (χ1v) is 7.30. The number of thioether (sulfide) groups is 1. The van der Waals surface area contributed by atoms with Gasteiger partial charge in [0.05, 0.1) is 6.04 Å². The van der Waals surface area contributed by atoms with Gasteiger partial charge in [0.1, 0.15) is 0 Å². The highest BCUT2D eigenvalue weighted by Crippen LogP contribution is 2.34. The van der Waals surface area contributed by atoms with E-state index < -0.39 is 11.2 Å². The summed E-state index contributed by atoms with van der Waals surface area (Å²) in [6.07, 6.45) is -3.01. The normalized spacial score (nSPS) is 13.9. The van der Waals surface area contributed by atoms with Crippen molar-refractivity contribution in [1.82, 2.24) is 10.3 Å². The van der Waals surface area contributed by atoms with Gasteiger partial charge >= 0.3 is 6.18 Å². The minimum atomic E-state index is -4.34. The Bertz CT molecular complexity index is 339. The molecule has 0 radical (unpaired) electrons. The van der Waals surface area contributed by atoms with Crippen LogP contribution in [0.5, 0.6) is 0 Å². The number of hydrogen-bond acceptors (Lipinski definition) is 4. The van der Waals surface area contributed by atoms with Crippen molar-refractivity contribution in [1.29, 1.82) is 0 Å². The van der Waals surface area contributed by atoms with Crippen LogP contribution in [0.2, 0.25) is 0 Å². The molecule has 0 aromatic carbocycles. The molecule has 17 heavy (non-hydrogen) atoms. The summed E-state index contributed by atoms with van der Waals surface area (Å²) in [5.41, 5.74) is 0. The number of rotatable bonds is 6. The summed E-state index contributed by atoms with van der Waals surface area (Å²) in [7, 11) is 0. The van der Waals surface area contributed by atoms with Crippen LogP contribution in [0, 0.1) is 0 Å². The lowest BCUT2D eigenvalue weighted by molar-refractivity contribution is -0.137. The molecule has 1 aromatic heterocycles. The van der Waals surface area contributed by atoms with E-state index in [1.165, 1.54) is 6.20 Å². The average Bonchev–Trinajstić information content (AvgIpc) is 2.72. The van der Waals surface area contributed by atoms with Gasteiger partial charge in [0.25, 0.3) is 0 Å². The predicted octanol–water partition coefficient (Wildman–Crippen LogP) is 3.57. The Kier molecular flexibility index (Phi) is 5.75. The van der Waals surface area contributed by atoms with Crippen molar-refractivity contribution >= 4 is 23.1 Å². The van der Waals surface area contributed by atoms with Crippen LogP contribution in [-0.2, 0) is 6.18 Å². The molecule has 0 aliphatic heterocycles. The second-order valence-corrected chi connectivity index (χ2v) is 5.72. The standard InChI is InChI=1S/C10H15F3N2S2/c1-3-14-7(6-16-4-2)8-5-15-9(17-8)10(11,12)13/h5,7,14H,3-4,6H2,1-2H3. The lowest BCUT2D eigenvalue weighted by Gasteiger charge is -2.14. The zero-order chi connectivity index (χ0) is 12.9. The van der Waals surface area contributed by atoms with Crippen molar-refractivity contribution in [2.75, 3.05) is 18.1 Å². The lowest BCUT2D eigenvalue weighted by Crippen LogP contribution is -2.22. The van der Waals surface area contributed by atoms with Gasteiger partial charge in [-0.15, -0.1) is 11.3 Å². The largest absolute Gasteiger partial charge is 0.443 e. The third-order valence-electron chi connectivity index (χ3n) is 2.05. The monoisotopic (exact) mass is 284 g/mol. The number of hydrogen-bond donors (Lipinski definition) is 1. The van der Waals surface area contributed by atoms with Crippen molar-refractivity contribution in [3.05, 3.63) is 16.1 Å². The second kappa shape index (κ2) is 6.61. The third-order valence-corrected chi connectivity index (χ3v) is 4.18. The Balaban J connectivity index is 2.76. The van der Waals surface area contributed by atoms with Crippen LogP contribution in [0.4, 0.5) is 13.2 Å². The van der Waals surface area contributed by atoms with Gasteiger partial charge < -0.3 is 5.32 Å². The molecule has 1 rings (SSSR count). The zero-order valence-corrected chi connectivity index (χ0v) is 11.3. The zero-order valence-electron chi connectivity index (χ0n) is 9.67. The number of thiazole rings is 1. The van der Waals surface area contributed by atoms with Crippen molar-refractivity contribution in [3.63, 3.8) is 0 Å². The molecule has 0 bridgehead atoms. The molecule has 98 valence electrons. The molecule has 1 unspecified atom stereocenters. The van der Waals surface area contributed by atoms with E-state index in [1.807, 2.05) is 13.8 Å². The maximum atomic E-state index is 12.4. The van der Waals surface area contributed by atoms with Crippen LogP contribution in [0.1, 0.15) is 29.8 Å². The molecular formula is C10H15F3N2S2. The van der Waals surface area contributed by atoms with Gasteiger partial charge in [0.2, 0.25) is 0 Å². The number of nitrogens with zero attached hydrogens (tertiary/aromatic N) is 1. The van der Waals surface area contributed by atoms with Crippen LogP contribution in [0.25, 0.3) is 0 Å². The quantitative estimate of drug-likeness (QED) is 0.864. The maximum Gasteiger partial charge on any atom is 0.443 e. The summed E-state index contributed by atoms with van der Waals surface area (Å²) in [6.45, 7) is 4.70. The summed E-state index contributed by atoms with van der Waals surface area (Å²) in [5.74, 6) is 1.72. The molecule has 1 heterocycles. The first kappa shape index (κ1) is 14.8. The third kappa shape index (κ3) is 4.48. The maximum absolute atomic E-state index is 12.4. The number of halogens is 3. The summed E-state index contributed by atoms with van der Waals surface area (Å²) < 4.78 is 37.3. The van der Waals surface area contributed by atoms with Crippen molar-refractivity contribution < 1.29 is 13.2 Å². The average molecular weight is 284 g/mol. The second-order valence-electron chi connectivity index (χ2n) is 3.34. The predicted molar refractivity (Wildman–Crippen MR) is 66.5 cm³/mol. The molecular weight excluding hydrogens is 269 g/mol. The molecule has 7 heteroatoms. The summed E-state index contributed by atoms with van der Waals surface area (Å²) in [4.78, 5) is 4.10. The molecule has 0 fully saturated rings. The first-order chi connectivity index (χ1) is 7.99. The van der Waals surface area contributed by atoms with Crippen molar-refractivity contribution in [2.45, 2.75) is 26.1 Å². The summed E-state index contributed by atoms with van der Waals surface area (Å²) in [5, 5.41) is 2.41. The fourth-order valence-electron chi connectivity index (χ4n) is 1.30. The fourth-order valence-corrected chi connectivity index (χ4v) is 3.04. The molecule has 0 amide bonds. The van der Waals surface area contributed by atoms with E-state index in [9.17, 15) is 13.2 Å². The fraction of sp³-hybridized carbons (Fsp3) is 0.700. The van der Waals surface area contributed by atoms with E-state index in [0.717, 1.165) is 29.4 Å². The summed E-state index contributed by atoms with van der Waals surface area (Å²) >= 11 is 2.43. The highest BCUT2D eigenvalue weighted by molar-refractivity contribution is 7.99. The van der Waals surface area contributed by atoms with E-state index in [4.69, 9.17) is 0 Å². The molecule has 1 atom stereocenters. The van der Waals surface area contributed by atoms with Gasteiger partial charge in [-0.05, 0) is 12.3 Å². The van der Waals surface area contributed by atoms with E-state index in [2.05, 4.69) is 10.3 Å². The van der Waals surface area contributed by atoms with E-state index in [-0.39, 0.29) is 6.04 Å². The van der Waals surface area contributed by atoms with Crippen LogP contribution < -0.4 is 5.32 Å². The Hall–Kier alpha value is -0.270. The molecule has 0 saturated heterocycles. The molecule has 0 spiro atoms. The topological polar surface area (TPSA) is 24.9 Å². The highest BCUT2D eigenvalue weighted by atomic mass is 32.2. The smallest absolute Gasteiger partial charge is 0.309 e. The molecule has 0 saturated carbocycles. The van der Waals surface area contributed by atoms with Gasteiger partial charge in [-0.25, -0.2) is 4.98 Å². The SMILES string of the molecule is CCNC(CSCC)c1cnc(C(F)(F)F)s1. The highest BCUT2D eigenvalue weighted by Gasteiger charge is 2.35. The van der Waals surface area contributed by atoms with E-state index >= 15 is 0 Å². The lowest BCUT2D eigenvalue weighted by atomic mass is 10.3. The Morgan fingerprint density at radius 2 is 2.18 bits per heavy atom. The van der Waals surface area contributed by atoms with Gasteiger partial charge in [-0.3, -0.25) is 0 Å². The van der Waals surface area contributed by atoms with Gasteiger partial charge in [0.15, 0.2) is 5.01 Å². The summed E-state index contributed by atoms with van der Waals surface area (Å²) in [6, 6.07) is -0.0430. The number of nitrogens with one attached hydrogen (secondary N) is 1. The Labute approximate surface area is 107 Å². The van der Waals surface area contributed by atoms with E-state index in [0.29, 0.717) is 4.88 Å². The number of aromatic nitrogens is 1. The van der Waals surface area contributed by atoms with Gasteiger partial charge in [-0.1, -0.05) is 13.8 Å². The molecule has 1 aromatic rings. The van der Waals surface area contributed by atoms with E-state index in [1.54, 1.807) is 11.8 Å². The molecule has 1 N–H and O–H groups in total. The van der Waals surface area contributed by atoms with Crippen LogP contribution in [0.15, 0.2) is 6.20 Å². The van der Waals surface area contributed by atoms with Crippen LogP contribution >= 0.6 is 23.1 Å². The molecule has 2 nitrogen and oxygen atoms in total. The number of alkyl halides is 3. The van der Waals surface area contributed by atoms with Crippen LogP contribution in [0.3, 0.4) is 0 Å². The van der Waals surface area contributed by atoms with Crippen LogP contribution in [-0.4, -0.2) is 23.0 Å². The van der Waals surface area contributed by atoms with Gasteiger partial charge in [-0.2, -0.15) is 24.9 Å². The Morgan fingerprint density at radius 3 is 2.65 bits per heavy atom. The van der Waals surface area contributed by atoms with Gasteiger partial charge in [0, 0.05) is 16.8 Å².